The van der Waals surface area contributed by atoms with E-state index in [0.717, 1.165) is 11.1 Å². The SMILES string of the molecule is N#Cc1ncc(N2C(=O)CCCN(c3cccc(F)c3)C2=S)cc1C(F)(F)F. The van der Waals surface area contributed by atoms with Crippen molar-refractivity contribution >= 4 is 34.6 Å². The lowest BCUT2D eigenvalue weighted by Crippen LogP contribution is -2.44. The number of rotatable bonds is 2. The van der Waals surface area contributed by atoms with Crippen molar-refractivity contribution in [2.45, 2.75) is 19.0 Å². The molecule has 1 aromatic heterocycles. The molecule has 1 fully saturated rings. The molecule has 0 atom stereocenters. The fourth-order valence-corrected chi connectivity index (χ4v) is 3.25. The Kier molecular flexibility index (Phi) is 5.29. The average Bonchev–Trinajstić information content (AvgIpc) is 2.78. The zero-order valence-corrected chi connectivity index (χ0v) is 15.0. The average molecular weight is 408 g/mol. The first kappa shape index (κ1) is 19.7. The van der Waals surface area contributed by atoms with E-state index in [1.165, 1.54) is 29.2 Å². The van der Waals surface area contributed by atoms with Crippen LogP contribution in [0.4, 0.5) is 28.9 Å². The molecule has 1 aromatic carbocycles. The number of aromatic nitrogens is 1. The topological polar surface area (TPSA) is 60.2 Å². The number of nitrogens with zero attached hydrogens (tertiary/aromatic N) is 4. The number of pyridine rings is 1. The maximum Gasteiger partial charge on any atom is 0.419 e. The standard InChI is InChI=1S/C18H12F4N4OS/c19-11-3-1-4-12(7-11)25-6-2-5-16(27)26(17(25)28)13-8-14(18(20,21)22)15(9-23)24-10-13/h1,3-4,7-8,10H,2,5-6H2. The zero-order chi connectivity index (χ0) is 20.5. The predicted molar refractivity (Wildman–Crippen MR) is 97.0 cm³/mol. The van der Waals surface area contributed by atoms with Crippen LogP contribution in [0.15, 0.2) is 36.5 Å². The van der Waals surface area contributed by atoms with Crippen LogP contribution in [0.3, 0.4) is 0 Å². The van der Waals surface area contributed by atoms with Crippen molar-refractivity contribution in [2.24, 2.45) is 0 Å². The molecule has 2 aromatic rings. The largest absolute Gasteiger partial charge is 0.419 e. The second-order valence-corrected chi connectivity index (χ2v) is 6.31. The number of anilines is 2. The minimum atomic E-state index is -4.83. The van der Waals surface area contributed by atoms with Crippen LogP contribution in [0.25, 0.3) is 0 Å². The lowest BCUT2D eigenvalue weighted by Gasteiger charge is -2.29. The van der Waals surface area contributed by atoms with E-state index in [1.54, 1.807) is 6.07 Å². The molecule has 1 saturated heterocycles. The third-order valence-electron chi connectivity index (χ3n) is 4.11. The van der Waals surface area contributed by atoms with Gasteiger partial charge in [0.25, 0.3) is 0 Å². The highest BCUT2D eigenvalue weighted by atomic mass is 32.1. The summed E-state index contributed by atoms with van der Waals surface area (Å²) in [6, 6.07) is 7.58. The van der Waals surface area contributed by atoms with Gasteiger partial charge in [-0.3, -0.25) is 9.69 Å². The van der Waals surface area contributed by atoms with Crippen molar-refractivity contribution < 1.29 is 22.4 Å². The molecule has 0 saturated carbocycles. The van der Waals surface area contributed by atoms with Gasteiger partial charge >= 0.3 is 6.18 Å². The van der Waals surface area contributed by atoms with Gasteiger partial charge in [0.15, 0.2) is 10.8 Å². The Hall–Kier alpha value is -3.06. The molecule has 0 spiro atoms. The van der Waals surface area contributed by atoms with E-state index < -0.39 is 29.2 Å². The summed E-state index contributed by atoms with van der Waals surface area (Å²) in [4.78, 5) is 18.5. The van der Waals surface area contributed by atoms with Crippen molar-refractivity contribution in [2.75, 3.05) is 16.3 Å². The Morgan fingerprint density at radius 3 is 2.61 bits per heavy atom. The summed E-state index contributed by atoms with van der Waals surface area (Å²) in [6.07, 6.45) is -3.42. The zero-order valence-electron chi connectivity index (χ0n) is 14.2. The molecule has 0 radical (unpaired) electrons. The van der Waals surface area contributed by atoms with E-state index in [9.17, 15) is 22.4 Å². The van der Waals surface area contributed by atoms with Gasteiger partial charge in [-0.1, -0.05) is 6.07 Å². The molecular formula is C18H12F4N4OS. The van der Waals surface area contributed by atoms with Gasteiger partial charge in [-0.15, -0.1) is 0 Å². The van der Waals surface area contributed by atoms with Crippen molar-refractivity contribution in [3.05, 3.63) is 53.6 Å². The second kappa shape index (κ2) is 7.52. The van der Waals surface area contributed by atoms with Gasteiger partial charge in [-0.2, -0.15) is 18.4 Å². The van der Waals surface area contributed by atoms with Crippen LogP contribution in [-0.2, 0) is 11.0 Å². The van der Waals surface area contributed by atoms with Gasteiger partial charge in [-0.05, 0) is 42.9 Å². The van der Waals surface area contributed by atoms with Gasteiger partial charge in [0.1, 0.15) is 11.9 Å². The molecule has 0 N–H and O–H groups in total. The van der Waals surface area contributed by atoms with Crippen LogP contribution in [0.1, 0.15) is 24.1 Å². The summed E-state index contributed by atoms with van der Waals surface area (Å²) in [5.41, 5.74) is -1.89. The minimum Gasteiger partial charge on any atom is -0.318 e. The highest BCUT2D eigenvalue weighted by Gasteiger charge is 2.37. The lowest BCUT2D eigenvalue weighted by atomic mass is 10.1. The van der Waals surface area contributed by atoms with Gasteiger partial charge in [-0.25, -0.2) is 9.37 Å². The highest BCUT2D eigenvalue weighted by Crippen LogP contribution is 2.34. The number of nitriles is 1. The maximum atomic E-state index is 13.6. The summed E-state index contributed by atoms with van der Waals surface area (Å²) in [5.74, 6) is -1.02. The number of amides is 1. The molecule has 5 nitrogen and oxygen atoms in total. The Morgan fingerprint density at radius 1 is 1.21 bits per heavy atom. The number of alkyl halides is 3. The molecule has 1 amide bonds. The summed E-state index contributed by atoms with van der Waals surface area (Å²) in [7, 11) is 0. The molecule has 10 heteroatoms. The molecular weight excluding hydrogens is 396 g/mol. The van der Waals surface area contributed by atoms with Gasteiger partial charge in [0, 0.05) is 18.7 Å². The smallest absolute Gasteiger partial charge is 0.318 e. The van der Waals surface area contributed by atoms with Crippen LogP contribution in [-0.4, -0.2) is 22.5 Å². The van der Waals surface area contributed by atoms with Crippen LogP contribution >= 0.6 is 12.2 Å². The number of hydrogen-bond donors (Lipinski definition) is 0. The Labute approximate surface area is 162 Å². The molecule has 3 rings (SSSR count). The lowest BCUT2D eigenvalue weighted by molar-refractivity contribution is -0.138. The molecule has 2 heterocycles. The Morgan fingerprint density at radius 2 is 1.96 bits per heavy atom. The Bertz CT molecular complexity index is 986. The summed E-state index contributed by atoms with van der Waals surface area (Å²) in [6.45, 7) is 0.292. The predicted octanol–water partition coefficient (Wildman–Crippen LogP) is 4.03. The first-order chi connectivity index (χ1) is 13.2. The fraction of sp³-hybridized carbons (Fsp3) is 0.222. The van der Waals surface area contributed by atoms with Gasteiger partial charge in [0.05, 0.1) is 17.4 Å². The first-order valence-electron chi connectivity index (χ1n) is 8.09. The van der Waals surface area contributed by atoms with Crippen molar-refractivity contribution in [3.63, 3.8) is 0 Å². The van der Waals surface area contributed by atoms with E-state index >= 15 is 0 Å². The molecule has 144 valence electrons. The normalized spacial score (nSPS) is 15.4. The quantitative estimate of drug-likeness (QED) is 0.555. The van der Waals surface area contributed by atoms with E-state index in [2.05, 4.69) is 4.98 Å². The van der Waals surface area contributed by atoms with Crippen molar-refractivity contribution in [3.8, 4) is 6.07 Å². The molecule has 28 heavy (non-hydrogen) atoms. The first-order valence-corrected chi connectivity index (χ1v) is 8.50. The van der Waals surface area contributed by atoms with Crippen LogP contribution in [0, 0.1) is 17.1 Å². The number of halogens is 4. The number of thiocarbonyl (C=S) groups is 1. The number of benzene rings is 1. The highest BCUT2D eigenvalue weighted by molar-refractivity contribution is 7.81. The molecule has 0 unspecified atom stereocenters. The molecule has 0 bridgehead atoms. The molecule has 0 aliphatic carbocycles. The minimum absolute atomic E-state index is 0.0350. The van der Waals surface area contributed by atoms with Gasteiger partial charge < -0.3 is 4.90 Å². The number of carbonyl (C=O) groups is 1. The van der Waals surface area contributed by atoms with Crippen LogP contribution in [0.5, 0.6) is 0 Å². The maximum absolute atomic E-state index is 13.6. The third kappa shape index (κ3) is 3.80. The monoisotopic (exact) mass is 408 g/mol. The molecule has 1 aliphatic heterocycles. The summed E-state index contributed by atoms with van der Waals surface area (Å²) >= 11 is 5.35. The van der Waals surface area contributed by atoms with Crippen LogP contribution in [0.2, 0.25) is 0 Å². The van der Waals surface area contributed by atoms with E-state index in [1.807, 2.05) is 0 Å². The molecule has 1 aliphatic rings. The van der Waals surface area contributed by atoms with Crippen molar-refractivity contribution in [1.29, 1.82) is 5.26 Å². The fourth-order valence-electron chi connectivity index (χ4n) is 2.84. The summed E-state index contributed by atoms with van der Waals surface area (Å²) < 4.78 is 53.4. The van der Waals surface area contributed by atoms with E-state index in [-0.39, 0.29) is 17.2 Å². The number of hydrogen-bond acceptors (Lipinski definition) is 4. The third-order valence-corrected chi connectivity index (χ3v) is 4.51. The van der Waals surface area contributed by atoms with Gasteiger partial charge in [0.2, 0.25) is 5.91 Å². The Balaban J connectivity index is 2.07. The van der Waals surface area contributed by atoms with E-state index in [4.69, 9.17) is 17.5 Å². The van der Waals surface area contributed by atoms with E-state index in [0.29, 0.717) is 24.7 Å². The summed E-state index contributed by atoms with van der Waals surface area (Å²) in [5, 5.41) is 8.80. The number of carbonyl (C=O) groups excluding carboxylic acids is 1. The van der Waals surface area contributed by atoms with Crippen molar-refractivity contribution in [1.82, 2.24) is 4.98 Å². The van der Waals surface area contributed by atoms with Crippen LogP contribution < -0.4 is 9.80 Å². The second-order valence-electron chi connectivity index (χ2n) is 5.95.